The summed E-state index contributed by atoms with van der Waals surface area (Å²) in [6.45, 7) is 4.20. The molecule has 19 heavy (non-hydrogen) atoms. The fourth-order valence-electron chi connectivity index (χ4n) is 1.31. The Labute approximate surface area is 110 Å². The Hall–Kier alpha value is -1.92. The predicted octanol–water partition coefficient (Wildman–Crippen LogP) is 0.694. The number of carbonyl (C=O) groups excluding carboxylic acids is 3. The first-order valence-electron chi connectivity index (χ1n) is 5.81. The lowest BCUT2D eigenvalue weighted by molar-refractivity contribution is -0.157. The molecule has 1 N–H and O–H groups in total. The molecule has 7 heteroatoms. The second-order valence-electron chi connectivity index (χ2n) is 4.28. The zero-order valence-electron chi connectivity index (χ0n) is 11.2. The highest BCUT2D eigenvalue weighted by molar-refractivity contribution is 5.94. The third-order valence-electron chi connectivity index (χ3n) is 1.97. The Morgan fingerprint density at radius 2 is 1.42 bits per heavy atom. The molecule has 0 radical (unpaired) electrons. The summed E-state index contributed by atoms with van der Waals surface area (Å²) in [6.07, 6.45) is -2.28. The first-order valence-corrected chi connectivity index (χ1v) is 5.81. The first-order chi connectivity index (χ1) is 8.70. The number of ether oxygens (including phenoxy) is 2. The zero-order chi connectivity index (χ0) is 15.0. The Morgan fingerprint density at radius 1 is 0.947 bits per heavy atom. The summed E-state index contributed by atoms with van der Waals surface area (Å²) >= 11 is 0. The molecule has 108 valence electrons. The van der Waals surface area contributed by atoms with Gasteiger partial charge < -0.3 is 14.6 Å². The second-order valence-corrected chi connectivity index (χ2v) is 4.28. The maximum Gasteiger partial charge on any atom is 0.313 e. The Kier molecular flexibility index (Phi) is 7.40. The van der Waals surface area contributed by atoms with Gasteiger partial charge >= 0.3 is 17.9 Å². The van der Waals surface area contributed by atoms with E-state index >= 15 is 0 Å². The minimum Gasteiger partial charge on any atom is -0.481 e. The number of rotatable bonds is 8. The minimum absolute atomic E-state index is 0.187. The molecule has 0 unspecified atom stereocenters. The first kappa shape index (κ1) is 17.1. The molecule has 0 aliphatic heterocycles. The molecule has 2 atom stereocenters. The van der Waals surface area contributed by atoms with Gasteiger partial charge in [-0.3, -0.25) is 19.2 Å². The van der Waals surface area contributed by atoms with Crippen molar-refractivity contribution >= 4 is 23.7 Å². The molecule has 0 spiro atoms. The molecule has 0 amide bonds. The van der Waals surface area contributed by atoms with E-state index in [-0.39, 0.29) is 25.0 Å². The van der Waals surface area contributed by atoms with Gasteiger partial charge in [-0.1, -0.05) is 0 Å². The van der Waals surface area contributed by atoms with Crippen molar-refractivity contribution < 1.29 is 33.8 Å². The van der Waals surface area contributed by atoms with Gasteiger partial charge in [-0.2, -0.15) is 0 Å². The van der Waals surface area contributed by atoms with Gasteiger partial charge in [0.15, 0.2) is 0 Å². The van der Waals surface area contributed by atoms with E-state index in [1.54, 1.807) is 0 Å². The molecule has 0 aliphatic rings. The number of carboxylic acids is 1. The lowest BCUT2D eigenvalue weighted by atomic mass is 10.2. The number of aliphatic carboxylic acids is 1. The quantitative estimate of drug-likeness (QED) is 0.512. The summed E-state index contributed by atoms with van der Waals surface area (Å²) in [5.74, 6) is -2.75. The maximum absolute atomic E-state index is 11.4. The third-order valence-corrected chi connectivity index (χ3v) is 1.97. The fraction of sp³-hybridized carbons (Fsp3) is 0.667. The second kappa shape index (κ2) is 8.23. The van der Waals surface area contributed by atoms with Crippen molar-refractivity contribution in [2.45, 2.75) is 52.2 Å². The van der Waals surface area contributed by atoms with E-state index in [0.717, 1.165) is 0 Å². The van der Waals surface area contributed by atoms with E-state index in [1.165, 1.54) is 20.8 Å². The van der Waals surface area contributed by atoms with Gasteiger partial charge in [-0.25, -0.2) is 0 Å². The zero-order valence-corrected chi connectivity index (χ0v) is 11.2. The lowest BCUT2D eigenvalue weighted by Gasteiger charge is -2.14. The standard InChI is InChI=1S/C12H18O7/c1-7(13)4-11(16)19-9(3)6-12(17)18-8(2)5-10(14)15/h8-9H,4-6H2,1-3H3,(H,14,15)/t8-,9-/m1/s1. The summed E-state index contributed by atoms with van der Waals surface area (Å²) in [6, 6.07) is 0. The van der Waals surface area contributed by atoms with Crippen molar-refractivity contribution in [3.05, 3.63) is 0 Å². The van der Waals surface area contributed by atoms with E-state index in [0.29, 0.717) is 0 Å². The molecule has 0 fully saturated rings. The largest absolute Gasteiger partial charge is 0.481 e. The molecular formula is C12H18O7. The van der Waals surface area contributed by atoms with Crippen LogP contribution >= 0.6 is 0 Å². The Bertz CT molecular complexity index is 361. The summed E-state index contributed by atoms with van der Waals surface area (Å²) in [7, 11) is 0. The summed E-state index contributed by atoms with van der Waals surface area (Å²) in [4.78, 5) is 43.5. The third kappa shape index (κ3) is 9.75. The molecule has 0 aromatic heterocycles. The van der Waals surface area contributed by atoms with Crippen molar-refractivity contribution in [2.75, 3.05) is 0 Å². The predicted molar refractivity (Wildman–Crippen MR) is 63.3 cm³/mol. The lowest BCUT2D eigenvalue weighted by Crippen LogP contribution is -2.24. The molecule has 0 saturated heterocycles. The van der Waals surface area contributed by atoms with Crippen LogP contribution in [0, 0.1) is 0 Å². The van der Waals surface area contributed by atoms with E-state index in [4.69, 9.17) is 14.6 Å². The normalized spacial score (nSPS) is 13.2. The van der Waals surface area contributed by atoms with E-state index in [2.05, 4.69) is 0 Å². The fourth-order valence-corrected chi connectivity index (χ4v) is 1.31. The van der Waals surface area contributed by atoms with Gasteiger partial charge in [-0.05, 0) is 20.8 Å². The highest BCUT2D eigenvalue weighted by Gasteiger charge is 2.18. The SMILES string of the molecule is CC(=O)CC(=O)O[C@H](C)CC(=O)O[C@H](C)CC(=O)O. The molecule has 0 rings (SSSR count). The number of carboxylic acid groups (broad SMARTS) is 1. The van der Waals surface area contributed by atoms with Crippen LogP contribution < -0.4 is 0 Å². The van der Waals surface area contributed by atoms with Gasteiger partial charge in [0.2, 0.25) is 0 Å². The average molecular weight is 274 g/mol. The molecule has 0 aromatic carbocycles. The number of hydrogen-bond acceptors (Lipinski definition) is 6. The van der Waals surface area contributed by atoms with Crippen molar-refractivity contribution in [1.29, 1.82) is 0 Å². The summed E-state index contributed by atoms with van der Waals surface area (Å²) in [5.41, 5.74) is 0. The van der Waals surface area contributed by atoms with Crippen molar-refractivity contribution in [3.63, 3.8) is 0 Å². The molecule has 0 aliphatic carbocycles. The molecular weight excluding hydrogens is 256 g/mol. The highest BCUT2D eigenvalue weighted by Crippen LogP contribution is 2.05. The van der Waals surface area contributed by atoms with E-state index < -0.39 is 30.1 Å². The van der Waals surface area contributed by atoms with Gasteiger partial charge in [-0.15, -0.1) is 0 Å². The maximum atomic E-state index is 11.4. The highest BCUT2D eigenvalue weighted by atomic mass is 16.6. The van der Waals surface area contributed by atoms with Crippen LogP contribution in [0.25, 0.3) is 0 Å². The number of hydrogen-bond donors (Lipinski definition) is 1. The van der Waals surface area contributed by atoms with Crippen LogP contribution in [0.3, 0.4) is 0 Å². The molecule has 0 saturated carbocycles. The van der Waals surface area contributed by atoms with Crippen LogP contribution in [0.2, 0.25) is 0 Å². The smallest absolute Gasteiger partial charge is 0.313 e. The van der Waals surface area contributed by atoms with Crippen LogP contribution in [0.4, 0.5) is 0 Å². The average Bonchev–Trinajstić information content (AvgIpc) is 2.12. The monoisotopic (exact) mass is 274 g/mol. The topological polar surface area (TPSA) is 107 Å². The van der Waals surface area contributed by atoms with Crippen LogP contribution in [-0.2, 0) is 28.7 Å². The molecule has 7 nitrogen and oxygen atoms in total. The number of ketones is 1. The minimum atomic E-state index is -1.07. The Balaban J connectivity index is 4.01. The van der Waals surface area contributed by atoms with Gasteiger partial charge in [0, 0.05) is 0 Å². The molecule has 0 aromatic rings. The van der Waals surface area contributed by atoms with E-state index in [9.17, 15) is 19.2 Å². The van der Waals surface area contributed by atoms with Gasteiger partial charge in [0.05, 0.1) is 12.8 Å². The Morgan fingerprint density at radius 3 is 1.89 bits per heavy atom. The molecule has 0 bridgehead atoms. The van der Waals surface area contributed by atoms with Gasteiger partial charge in [0.1, 0.15) is 24.4 Å². The number of Topliss-reactive ketones (excluding diaryl/α,β-unsaturated/α-hetero) is 1. The van der Waals surface area contributed by atoms with Crippen LogP contribution in [0.5, 0.6) is 0 Å². The number of carbonyl (C=O) groups is 4. The van der Waals surface area contributed by atoms with Crippen LogP contribution in [0.15, 0.2) is 0 Å². The van der Waals surface area contributed by atoms with Crippen LogP contribution in [-0.4, -0.2) is 41.0 Å². The van der Waals surface area contributed by atoms with Crippen molar-refractivity contribution in [1.82, 2.24) is 0 Å². The summed E-state index contributed by atoms with van der Waals surface area (Å²) in [5, 5.41) is 8.49. The number of esters is 2. The molecule has 0 heterocycles. The van der Waals surface area contributed by atoms with Crippen molar-refractivity contribution in [2.24, 2.45) is 0 Å². The van der Waals surface area contributed by atoms with Gasteiger partial charge in [0.25, 0.3) is 0 Å². The van der Waals surface area contributed by atoms with Crippen molar-refractivity contribution in [3.8, 4) is 0 Å². The van der Waals surface area contributed by atoms with E-state index in [1.807, 2.05) is 0 Å². The summed E-state index contributed by atoms with van der Waals surface area (Å²) < 4.78 is 9.63. The van der Waals surface area contributed by atoms with Crippen LogP contribution in [0.1, 0.15) is 40.0 Å².